The summed E-state index contributed by atoms with van der Waals surface area (Å²) in [5, 5.41) is 23.7. The Morgan fingerprint density at radius 3 is 1.51 bits per heavy atom. The third-order valence-corrected chi connectivity index (χ3v) is 10.5. The first-order chi connectivity index (χ1) is 30.0. The summed E-state index contributed by atoms with van der Waals surface area (Å²) in [5.74, 6) is -0.623. The molecule has 0 aliphatic heterocycles. The van der Waals surface area contributed by atoms with E-state index in [1.165, 1.54) is 64.2 Å². The van der Waals surface area contributed by atoms with Gasteiger partial charge in [0.25, 0.3) is 0 Å². The van der Waals surface area contributed by atoms with Gasteiger partial charge in [-0.1, -0.05) is 220 Å². The van der Waals surface area contributed by atoms with Gasteiger partial charge in [0.05, 0.1) is 25.2 Å². The summed E-state index contributed by atoms with van der Waals surface area (Å²) in [7, 11) is 0. The highest BCUT2D eigenvalue weighted by Crippen LogP contribution is 2.16. The summed E-state index contributed by atoms with van der Waals surface area (Å²) in [4.78, 5) is 26.1. The molecule has 3 unspecified atom stereocenters. The number of hydrogen-bond acceptors (Lipinski definition) is 5. The minimum absolute atomic E-state index is 0.0149. The van der Waals surface area contributed by atoms with Crippen LogP contribution >= 0.6 is 0 Å². The van der Waals surface area contributed by atoms with Crippen molar-refractivity contribution in [1.29, 1.82) is 0 Å². The molecule has 0 aliphatic rings. The predicted molar refractivity (Wildman–Crippen MR) is 263 cm³/mol. The van der Waals surface area contributed by atoms with Gasteiger partial charge in [0.15, 0.2) is 0 Å². The molecule has 0 heterocycles. The fourth-order valence-corrected chi connectivity index (χ4v) is 6.78. The average Bonchev–Trinajstić information content (AvgIpc) is 3.25. The van der Waals surface area contributed by atoms with Gasteiger partial charge >= 0.3 is 5.97 Å². The van der Waals surface area contributed by atoms with Gasteiger partial charge in [-0.05, 0) is 77.0 Å². The summed E-state index contributed by atoms with van der Waals surface area (Å²) >= 11 is 0. The van der Waals surface area contributed by atoms with Crippen molar-refractivity contribution in [2.24, 2.45) is 0 Å². The monoisotopic (exact) mass is 846 g/mol. The Bertz CT molecular complexity index is 1270. The van der Waals surface area contributed by atoms with Crippen LogP contribution in [0.5, 0.6) is 0 Å². The molecule has 0 spiro atoms. The van der Waals surface area contributed by atoms with E-state index in [0.29, 0.717) is 19.3 Å². The van der Waals surface area contributed by atoms with Gasteiger partial charge in [-0.3, -0.25) is 9.59 Å². The third-order valence-electron chi connectivity index (χ3n) is 10.5. The number of aliphatic hydroxyl groups excluding tert-OH is 2. The van der Waals surface area contributed by atoms with Gasteiger partial charge in [0.2, 0.25) is 5.91 Å². The van der Waals surface area contributed by atoms with Gasteiger partial charge in [0.1, 0.15) is 6.10 Å². The van der Waals surface area contributed by atoms with Crippen molar-refractivity contribution >= 4 is 11.9 Å². The predicted octanol–water partition coefficient (Wildman–Crippen LogP) is 14.7. The molecule has 0 saturated heterocycles. The van der Waals surface area contributed by atoms with Gasteiger partial charge in [0, 0.05) is 6.42 Å². The zero-order chi connectivity index (χ0) is 44.5. The molecule has 61 heavy (non-hydrogen) atoms. The van der Waals surface area contributed by atoms with Crippen LogP contribution in [0.3, 0.4) is 0 Å². The number of esters is 1. The molecule has 3 atom stereocenters. The zero-order valence-corrected chi connectivity index (χ0v) is 39.2. The number of allylic oxidation sites excluding steroid dienone is 18. The molecule has 0 aromatic rings. The van der Waals surface area contributed by atoms with Crippen LogP contribution in [0.15, 0.2) is 109 Å². The fraction of sp³-hybridized carbons (Fsp3) is 0.636. The van der Waals surface area contributed by atoms with Crippen molar-refractivity contribution in [3.63, 3.8) is 0 Å². The number of amides is 1. The highest BCUT2D eigenvalue weighted by Gasteiger charge is 2.24. The molecule has 6 heteroatoms. The number of rotatable bonds is 42. The average molecular weight is 846 g/mol. The summed E-state index contributed by atoms with van der Waals surface area (Å²) in [6, 6.07) is -0.736. The van der Waals surface area contributed by atoms with E-state index in [0.717, 1.165) is 83.5 Å². The first kappa shape index (κ1) is 57.5. The van der Waals surface area contributed by atoms with E-state index >= 15 is 0 Å². The Hall–Kier alpha value is -3.48. The van der Waals surface area contributed by atoms with Crippen molar-refractivity contribution in [1.82, 2.24) is 5.32 Å². The van der Waals surface area contributed by atoms with E-state index in [-0.39, 0.29) is 31.3 Å². The fourth-order valence-electron chi connectivity index (χ4n) is 6.78. The third kappa shape index (κ3) is 43.0. The van der Waals surface area contributed by atoms with Gasteiger partial charge in [-0.2, -0.15) is 0 Å². The normalized spacial score (nSPS) is 14.2. The Morgan fingerprint density at radius 1 is 0.508 bits per heavy atom. The van der Waals surface area contributed by atoms with E-state index in [1.54, 1.807) is 0 Å². The number of ether oxygens (including phenoxy) is 1. The molecule has 0 aromatic carbocycles. The Morgan fingerprint density at radius 2 is 0.967 bits per heavy atom. The van der Waals surface area contributed by atoms with Crippen LogP contribution in [0.25, 0.3) is 0 Å². The van der Waals surface area contributed by atoms with Gasteiger partial charge in [-0.15, -0.1) is 0 Å². The molecule has 0 saturated carbocycles. The lowest BCUT2D eigenvalue weighted by Gasteiger charge is -2.24. The van der Waals surface area contributed by atoms with Crippen LogP contribution in [-0.4, -0.2) is 46.9 Å². The van der Waals surface area contributed by atoms with Crippen LogP contribution < -0.4 is 5.32 Å². The quantitative estimate of drug-likeness (QED) is 0.0246. The first-order valence-electron chi connectivity index (χ1n) is 24.7. The molecule has 1 amide bonds. The van der Waals surface area contributed by atoms with Crippen molar-refractivity contribution in [3.8, 4) is 0 Å². The highest BCUT2D eigenvalue weighted by atomic mass is 16.5. The topological polar surface area (TPSA) is 95.9 Å². The minimum Gasteiger partial charge on any atom is -0.462 e. The number of carbonyl (C=O) groups is 2. The summed E-state index contributed by atoms with van der Waals surface area (Å²) < 4.78 is 5.86. The Labute approximate surface area is 375 Å². The maximum atomic E-state index is 13.2. The van der Waals surface area contributed by atoms with Crippen LogP contribution in [0.4, 0.5) is 0 Å². The lowest BCUT2D eigenvalue weighted by atomic mass is 10.0. The second kappa shape index (κ2) is 47.6. The number of hydrogen-bond donors (Lipinski definition) is 3. The summed E-state index contributed by atoms with van der Waals surface area (Å²) in [6.45, 7) is 6.18. The summed E-state index contributed by atoms with van der Waals surface area (Å²) in [6.07, 6.45) is 64.4. The molecule has 0 fully saturated rings. The number of aliphatic hydroxyl groups is 2. The number of unbranched alkanes of at least 4 members (excludes halogenated alkanes) is 15. The molecule has 3 N–H and O–H groups in total. The zero-order valence-electron chi connectivity index (χ0n) is 39.2. The molecular weight excluding hydrogens is 755 g/mol. The van der Waals surface area contributed by atoms with Crippen LogP contribution in [-0.2, 0) is 14.3 Å². The van der Waals surface area contributed by atoms with E-state index < -0.39 is 18.2 Å². The van der Waals surface area contributed by atoms with Gasteiger partial charge < -0.3 is 20.3 Å². The Kier molecular flexibility index (Phi) is 44.9. The van der Waals surface area contributed by atoms with E-state index in [4.69, 9.17) is 4.74 Å². The second-order valence-corrected chi connectivity index (χ2v) is 16.2. The Balaban J connectivity index is 4.78. The van der Waals surface area contributed by atoms with E-state index in [2.05, 4.69) is 99.0 Å². The SMILES string of the molecule is CC/C=C/C=C/C=C/C=C\CCCCCC(CC(=O)NC(CO)C(O)CCCCCCCCCCCCCCC)OC(=O)CC/C=C/C/C=C/C/C=C/C/C=C/C/C=C/CC. The molecule has 346 valence electrons. The van der Waals surface area contributed by atoms with E-state index in [1.807, 2.05) is 36.5 Å². The molecule has 0 aliphatic carbocycles. The van der Waals surface area contributed by atoms with Crippen molar-refractivity contribution < 1.29 is 24.5 Å². The lowest BCUT2D eigenvalue weighted by molar-refractivity contribution is -0.150. The first-order valence-corrected chi connectivity index (χ1v) is 24.7. The molecule has 0 aromatic heterocycles. The maximum Gasteiger partial charge on any atom is 0.306 e. The van der Waals surface area contributed by atoms with Crippen molar-refractivity contribution in [2.45, 2.75) is 219 Å². The molecule has 0 rings (SSSR count). The largest absolute Gasteiger partial charge is 0.462 e. The highest BCUT2D eigenvalue weighted by molar-refractivity contribution is 5.77. The maximum absolute atomic E-state index is 13.2. The lowest BCUT2D eigenvalue weighted by Crippen LogP contribution is -2.46. The summed E-state index contributed by atoms with van der Waals surface area (Å²) in [5.41, 5.74) is 0. The van der Waals surface area contributed by atoms with Crippen LogP contribution in [0, 0.1) is 0 Å². The van der Waals surface area contributed by atoms with Crippen molar-refractivity contribution in [3.05, 3.63) is 109 Å². The van der Waals surface area contributed by atoms with Crippen molar-refractivity contribution in [2.75, 3.05) is 6.61 Å². The molecule has 0 bridgehead atoms. The minimum atomic E-state index is -0.817. The van der Waals surface area contributed by atoms with Crippen LogP contribution in [0.2, 0.25) is 0 Å². The van der Waals surface area contributed by atoms with Gasteiger partial charge in [-0.25, -0.2) is 0 Å². The number of carbonyl (C=O) groups excluding carboxylic acids is 2. The second-order valence-electron chi connectivity index (χ2n) is 16.2. The van der Waals surface area contributed by atoms with Crippen LogP contribution in [0.1, 0.15) is 201 Å². The number of nitrogens with one attached hydrogen (secondary N) is 1. The molecular formula is C55H91NO5. The smallest absolute Gasteiger partial charge is 0.306 e. The molecule has 0 radical (unpaired) electrons. The molecule has 6 nitrogen and oxygen atoms in total. The van der Waals surface area contributed by atoms with E-state index in [9.17, 15) is 19.8 Å². The standard InChI is InChI=1S/C55H91NO5/c1-4-7-10-13-16-19-22-25-26-27-30-33-36-39-42-45-48-55(60)61-51(46-43-40-37-34-31-28-23-20-17-14-11-8-5-2)49-54(59)56-52(50-57)53(58)47-44-41-38-35-32-29-24-21-18-15-12-9-6-3/h7-8,10-11,14,16-17,19-20,23,25-26,28,30-31,33,39,42,51-53,57-58H,4-6,9,12-13,15,18,21-22,24,27,29,32,34-38,40-41,43-50H2,1-3H3,(H,56,59)/b10-7+,11-8+,17-14+,19-16+,23-20+,26-25+,31-28-,33-30+,42-39+.